The molecule has 0 bridgehead atoms. The third kappa shape index (κ3) is 4.75. The number of carbonyl (C=O) groups is 2. The first-order valence-corrected chi connectivity index (χ1v) is 5.15. The Balaban J connectivity index is 2.14. The number of imide groups is 1. The lowest BCUT2D eigenvalue weighted by molar-refractivity contribution is -0.120. The molecular formula is C9H18N4O2. The maximum Gasteiger partial charge on any atom is 0.318 e. The number of hydrogen-bond acceptors (Lipinski definition) is 4. The summed E-state index contributed by atoms with van der Waals surface area (Å²) in [5.74, 6) is -0.322. The Morgan fingerprint density at radius 3 is 2.47 bits per heavy atom. The fourth-order valence-electron chi connectivity index (χ4n) is 1.64. The number of nitrogens with two attached hydrogens (primary N) is 2. The van der Waals surface area contributed by atoms with Crippen molar-refractivity contribution in [2.45, 2.75) is 25.3 Å². The molecule has 0 aliphatic carbocycles. The number of nitrogens with one attached hydrogen (secondary N) is 1. The maximum absolute atomic E-state index is 11.1. The van der Waals surface area contributed by atoms with Gasteiger partial charge in [0.25, 0.3) is 0 Å². The molecule has 0 aromatic carbocycles. The maximum atomic E-state index is 11.1. The molecule has 1 heterocycles. The molecule has 1 aliphatic rings. The standard InChI is InChI=1S/C9H18N4O2/c10-7-1-4-13(5-2-7)6-3-8(14)12-9(11)15/h7H,1-6,10H2,(H3,11,12,14,15). The fraction of sp³-hybridized carbons (Fsp3) is 0.778. The number of hydrogen-bond donors (Lipinski definition) is 3. The lowest BCUT2D eigenvalue weighted by atomic mass is 10.1. The second-order valence-electron chi connectivity index (χ2n) is 3.84. The van der Waals surface area contributed by atoms with Crippen LogP contribution in [0.2, 0.25) is 0 Å². The van der Waals surface area contributed by atoms with Gasteiger partial charge in [-0.3, -0.25) is 10.1 Å². The van der Waals surface area contributed by atoms with Crippen LogP contribution in [-0.4, -0.2) is 42.5 Å². The van der Waals surface area contributed by atoms with Crippen molar-refractivity contribution in [3.05, 3.63) is 0 Å². The summed E-state index contributed by atoms with van der Waals surface area (Å²) in [5, 5.41) is 2.04. The van der Waals surface area contributed by atoms with Gasteiger partial charge in [0.1, 0.15) is 0 Å². The average Bonchev–Trinajstić information content (AvgIpc) is 2.16. The molecule has 0 radical (unpaired) electrons. The SMILES string of the molecule is NC(=O)NC(=O)CCN1CCC(N)CC1. The summed E-state index contributed by atoms with van der Waals surface area (Å²) in [5.41, 5.74) is 10.6. The monoisotopic (exact) mass is 214 g/mol. The van der Waals surface area contributed by atoms with Crippen molar-refractivity contribution in [1.29, 1.82) is 0 Å². The van der Waals surface area contributed by atoms with Crippen molar-refractivity contribution < 1.29 is 9.59 Å². The largest absolute Gasteiger partial charge is 0.351 e. The van der Waals surface area contributed by atoms with Gasteiger partial charge in [0.05, 0.1) is 0 Å². The third-order valence-corrected chi connectivity index (χ3v) is 2.55. The molecule has 1 fully saturated rings. The highest BCUT2D eigenvalue weighted by Crippen LogP contribution is 2.07. The number of rotatable bonds is 3. The summed E-state index contributed by atoms with van der Waals surface area (Å²) in [6.07, 6.45) is 2.24. The predicted molar refractivity (Wildman–Crippen MR) is 56.0 cm³/mol. The lowest BCUT2D eigenvalue weighted by Crippen LogP contribution is -2.42. The van der Waals surface area contributed by atoms with Crippen LogP contribution in [0.15, 0.2) is 0 Å². The summed E-state index contributed by atoms with van der Waals surface area (Å²) < 4.78 is 0. The number of primary amides is 1. The minimum Gasteiger partial charge on any atom is -0.351 e. The van der Waals surface area contributed by atoms with Crippen LogP contribution in [0.25, 0.3) is 0 Å². The van der Waals surface area contributed by atoms with E-state index in [1.54, 1.807) is 0 Å². The molecule has 15 heavy (non-hydrogen) atoms. The molecule has 1 rings (SSSR count). The second kappa shape index (κ2) is 5.67. The fourth-order valence-corrected chi connectivity index (χ4v) is 1.64. The highest BCUT2D eigenvalue weighted by atomic mass is 16.2. The Morgan fingerprint density at radius 2 is 1.93 bits per heavy atom. The van der Waals surface area contributed by atoms with E-state index >= 15 is 0 Å². The molecule has 0 atom stereocenters. The van der Waals surface area contributed by atoms with E-state index in [1.165, 1.54) is 0 Å². The van der Waals surface area contributed by atoms with Crippen LogP contribution in [0.5, 0.6) is 0 Å². The Morgan fingerprint density at radius 1 is 1.33 bits per heavy atom. The van der Waals surface area contributed by atoms with Gasteiger partial charge in [0.15, 0.2) is 0 Å². The average molecular weight is 214 g/mol. The van der Waals surface area contributed by atoms with Crippen LogP contribution in [0.3, 0.4) is 0 Å². The first-order chi connectivity index (χ1) is 7.08. The van der Waals surface area contributed by atoms with Gasteiger partial charge < -0.3 is 16.4 Å². The minimum atomic E-state index is -0.791. The van der Waals surface area contributed by atoms with E-state index in [-0.39, 0.29) is 5.91 Å². The second-order valence-corrected chi connectivity index (χ2v) is 3.84. The van der Waals surface area contributed by atoms with Crippen LogP contribution < -0.4 is 16.8 Å². The summed E-state index contributed by atoms with van der Waals surface area (Å²) in [4.78, 5) is 23.6. The van der Waals surface area contributed by atoms with Crippen LogP contribution in [0.1, 0.15) is 19.3 Å². The Bertz CT molecular complexity index is 236. The van der Waals surface area contributed by atoms with Gasteiger partial charge in [-0.25, -0.2) is 4.79 Å². The van der Waals surface area contributed by atoms with Gasteiger partial charge in [0, 0.05) is 19.0 Å². The smallest absolute Gasteiger partial charge is 0.318 e. The van der Waals surface area contributed by atoms with Crippen molar-refractivity contribution >= 4 is 11.9 Å². The normalized spacial score (nSPS) is 18.7. The van der Waals surface area contributed by atoms with E-state index in [0.29, 0.717) is 19.0 Å². The van der Waals surface area contributed by atoms with Gasteiger partial charge in [0.2, 0.25) is 5.91 Å². The number of likely N-dealkylation sites (tertiary alicyclic amines) is 1. The number of piperidine rings is 1. The van der Waals surface area contributed by atoms with Crippen molar-refractivity contribution in [1.82, 2.24) is 10.2 Å². The molecule has 1 saturated heterocycles. The van der Waals surface area contributed by atoms with Crippen molar-refractivity contribution in [2.75, 3.05) is 19.6 Å². The molecule has 3 amide bonds. The van der Waals surface area contributed by atoms with Gasteiger partial charge in [-0.05, 0) is 25.9 Å². The number of amides is 3. The van der Waals surface area contributed by atoms with Crippen molar-refractivity contribution in [3.8, 4) is 0 Å². The van der Waals surface area contributed by atoms with E-state index in [1.807, 2.05) is 5.32 Å². The van der Waals surface area contributed by atoms with E-state index in [2.05, 4.69) is 4.90 Å². The van der Waals surface area contributed by atoms with Gasteiger partial charge in [-0.1, -0.05) is 0 Å². The zero-order valence-electron chi connectivity index (χ0n) is 8.74. The highest BCUT2D eigenvalue weighted by Gasteiger charge is 2.16. The molecular weight excluding hydrogens is 196 g/mol. The molecule has 6 nitrogen and oxygen atoms in total. The molecule has 5 N–H and O–H groups in total. The highest BCUT2D eigenvalue weighted by molar-refractivity contribution is 5.93. The molecule has 86 valence electrons. The zero-order chi connectivity index (χ0) is 11.3. The van der Waals surface area contributed by atoms with Crippen molar-refractivity contribution in [3.63, 3.8) is 0 Å². The number of carbonyl (C=O) groups excluding carboxylic acids is 2. The minimum absolute atomic E-state index is 0.292. The number of nitrogens with zero attached hydrogens (tertiary/aromatic N) is 1. The quantitative estimate of drug-likeness (QED) is 0.560. The molecule has 0 spiro atoms. The van der Waals surface area contributed by atoms with Crippen LogP contribution in [0.4, 0.5) is 4.79 Å². The lowest BCUT2D eigenvalue weighted by Gasteiger charge is -2.29. The van der Waals surface area contributed by atoms with E-state index in [0.717, 1.165) is 25.9 Å². The van der Waals surface area contributed by atoms with Gasteiger partial charge >= 0.3 is 6.03 Å². The summed E-state index contributed by atoms with van der Waals surface area (Å²) in [6, 6.07) is -0.499. The van der Waals surface area contributed by atoms with E-state index in [9.17, 15) is 9.59 Å². The third-order valence-electron chi connectivity index (χ3n) is 2.55. The molecule has 0 saturated carbocycles. The van der Waals surface area contributed by atoms with E-state index < -0.39 is 6.03 Å². The molecule has 0 aromatic rings. The molecule has 1 aliphatic heterocycles. The molecule has 0 aromatic heterocycles. The summed E-state index contributed by atoms with van der Waals surface area (Å²) in [6.45, 7) is 2.50. The predicted octanol–water partition coefficient (Wildman–Crippen LogP) is -1.01. The topological polar surface area (TPSA) is 101 Å². The van der Waals surface area contributed by atoms with Crippen molar-refractivity contribution in [2.24, 2.45) is 11.5 Å². The summed E-state index contributed by atoms with van der Waals surface area (Å²) >= 11 is 0. The molecule has 6 heteroatoms. The Labute approximate surface area is 89.0 Å². The molecule has 0 unspecified atom stereocenters. The first-order valence-electron chi connectivity index (χ1n) is 5.15. The van der Waals surface area contributed by atoms with Crippen LogP contribution in [0, 0.1) is 0 Å². The zero-order valence-corrected chi connectivity index (χ0v) is 8.74. The number of urea groups is 1. The first kappa shape index (κ1) is 11.9. The van der Waals surface area contributed by atoms with Gasteiger partial charge in [-0.2, -0.15) is 0 Å². The summed E-state index contributed by atoms with van der Waals surface area (Å²) in [7, 11) is 0. The van der Waals surface area contributed by atoms with Crippen LogP contribution >= 0.6 is 0 Å². The van der Waals surface area contributed by atoms with Gasteiger partial charge in [-0.15, -0.1) is 0 Å². The Hall–Kier alpha value is -1.14. The van der Waals surface area contributed by atoms with Crippen LogP contribution in [-0.2, 0) is 4.79 Å². The Kier molecular flexibility index (Phi) is 4.51. The van der Waals surface area contributed by atoms with E-state index in [4.69, 9.17) is 11.5 Å².